The van der Waals surface area contributed by atoms with Crippen molar-refractivity contribution in [1.29, 1.82) is 0 Å². The van der Waals surface area contributed by atoms with Crippen molar-refractivity contribution < 1.29 is 27.5 Å². The molecule has 2 N–H and O–H groups in total. The van der Waals surface area contributed by atoms with E-state index in [1.54, 1.807) is 6.07 Å². The standard InChI is InChI=1S/C21H12F3N3O5S/c22-21(23,24)11-1-2-15-12(5-11)16(17(19(29)30)26(15)6-10-3-4-32-7-10)27-18(28)13-8-33-9-14(13)25-20(27)31/h1-5,7-9H,6H2,(H,25,31)(H,29,30). The number of furan rings is 1. The highest BCUT2D eigenvalue weighted by atomic mass is 32.1. The molecule has 4 heterocycles. The molecule has 0 amide bonds. The Hall–Kier alpha value is -4.06. The number of fused-ring (bicyclic) bond motifs is 2. The monoisotopic (exact) mass is 475 g/mol. The molecule has 5 rings (SSSR count). The highest BCUT2D eigenvalue weighted by Crippen LogP contribution is 2.36. The van der Waals surface area contributed by atoms with E-state index in [-0.39, 0.29) is 28.4 Å². The zero-order valence-electron chi connectivity index (χ0n) is 16.3. The molecule has 0 saturated heterocycles. The van der Waals surface area contributed by atoms with Crippen LogP contribution in [0.5, 0.6) is 0 Å². The van der Waals surface area contributed by atoms with Gasteiger partial charge in [-0.2, -0.15) is 13.2 Å². The number of alkyl halides is 3. The van der Waals surface area contributed by atoms with Crippen molar-refractivity contribution in [2.24, 2.45) is 0 Å². The minimum absolute atomic E-state index is 0.0760. The summed E-state index contributed by atoms with van der Waals surface area (Å²) in [5, 5.41) is 12.9. The molecule has 168 valence electrons. The first-order valence-electron chi connectivity index (χ1n) is 9.36. The Morgan fingerprint density at radius 2 is 1.94 bits per heavy atom. The number of aromatic nitrogens is 3. The van der Waals surface area contributed by atoms with Gasteiger partial charge in [0.1, 0.15) is 0 Å². The van der Waals surface area contributed by atoms with E-state index >= 15 is 0 Å². The fourth-order valence-corrected chi connectivity index (χ4v) is 4.59. The number of carboxylic acids is 1. The van der Waals surface area contributed by atoms with Gasteiger partial charge in [0.05, 0.1) is 46.7 Å². The summed E-state index contributed by atoms with van der Waals surface area (Å²) in [6, 6.07) is 4.25. The van der Waals surface area contributed by atoms with Crippen LogP contribution in [0.3, 0.4) is 0 Å². The molecule has 8 nitrogen and oxygen atoms in total. The molecule has 1 aromatic carbocycles. The first-order valence-corrected chi connectivity index (χ1v) is 10.3. The van der Waals surface area contributed by atoms with Gasteiger partial charge in [-0.1, -0.05) is 0 Å². The van der Waals surface area contributed by atoms with Crippen molar-refractivity contribution in [3.8, 4) is 5.69 Å². The normalized spacial score (nSPS) is 12.1. The lowest BCUT2D eigenvalue weighted by atomic mass is 10.1. The quantitative estimate of drug-likeness (QED) is 0.408. The van der Waals surface area contributed by atoms with Gasteiger partial charge in [-0.15, -0.1) is 11.3 Å². The van der Waals surface area contributed by atoms with Crippen molar-refractivity contribution in [3.05, 3.63) is 85.2 Å². The van der Waals surface area contributed by atoms with Crippen LogP contribution >= 0.6 is 11.3 Å². The average Bonchev–Trinajstić information content (AvgIpc) is 3.47. The lowest BCUT2D eigenvalue weighted by molar-refractivity contribution is -0.137. The van der Waals surface area contributed by atoms with Crippen molar-refractivity contribution in [2.45, 2.75) is 12.7 Å². The third kappa shape index (κ3) is 3.26. The number of carbonyl (C=O) groups is 1. The Balaban J connectivity index is 1.95. The predicted octanol–water partition coefficient (Wildman–Crippen LogP) is 4.05. The zero-order valence-corrected chi connectivity index (χ0v) is 17.2. The summed E-state index contributed by atoms with van der Waals surface area (Å²) in [5.41, 5.74) is -2.90. The molecule has 0 saturated carbocycles. The Morgan fingerprint density at radius 3 is 2.61 bits per heavy atom. The second-order valence-electron chi connectivity index (χ2n) is 7.22. The number of thiophene rings is 1. The molecule has 4 aromatic heterocycles. The SMILES string of the molecule is O=C(O)c1c(-n2c(=O)[nH]c3cscc3c2=O)c2cc(C(F)(F)F)ccc2n1Cc1ccoc1. The molecule has 12 heteroatoms. The molecule has 0 unspecified atom stereocenters. The molecule has 0 atom stereocenters. The van der Waals surface area contributed by atoms with E-state index in [4.69, 9.17) is 4.42 Å². The van der Waals surface area contributed by atoms with Gasteiger partial charge in [0.2, 0.25) is 0 Å². The first-order chi connectivity index (χ1) is 15.7. The summed E-state index contributed by atoms with van der Waals surface area (Å²) in [7, 11) is 0. The minimum Gasteiger partial charge on any atom is -0.477 e. The number of aromatic amines is 1. The van der Waals surface area contributed by atoms with Crippen LogP contribution in [0.25, 0.3) is 27.5 Å². The fourth-order valence-electron chi connectivity index (χ4n) is 3.83. The van der Waals surface area contributed by atoms with Crippen LogP contribution in [-0.4, -0.2) is 25.2 Å². The van der Waals surface area contributed by atoms with Gasteiger partial charge in [-0.25, -0.2) is 14.2 Å². The Morgan fingerprint density at radius 1 is 1.15 bits per heavy atom. The molecule has 0 bridgehead atoms. The number of carboxylic acid groups (broad SMARTS) is 1. The van der Waals surface area contributed by atoms with Crippen molar-refractivity contribution in [3.63, 3.8) is 0 Å². The Kier molecular flexibility index (Phi) is 4.57. The van der Waals surface area contributed by atoms with E-state index in [0.717, 1.165) is 29.5 Å². The van der Waals surface area contributed by atoms with Crippen molar-refractivity contribution >= 4 is 39.1 Å². The van der Waals surface area contributed by atoms with E-state index in [0.29, 0.717) is 10.1 Å². The maximum absolute atomic E-state index is 13.5. The largest absolute Gasteiger partial charge is 0.477 e. The third-order valence-electron chi connectivity index (χ3n) is 5.25. The van der Waals surface area contributed by atoms with Gasteiger partial charge in [0, 0.05) is 21.7 Å². The molecule has 0 aliphatic heterocycles. The summed E-state index contributed by atoms with van der Waals surface area (Å²) in [4.78, 5) is 40.8. The van der Waals surface area contributed by atoms with Gasteiger partial charge in [0.15, 0.2) is 5.69 Å². The van der Waals surface area contributed by atoms with Gasteiger partial charge in [-0.05, 0) is 24.3 Å². The number of aromatic carboxylic acids is 1. The summed E-state index contributed by atoms with van der Waals surface area (Å²) >= 11 is 1.14. The number of halogens is 3. The molecule has 5 aromatic rings. The highest BCUT2D eigenvalue weighted by Gasteiger charge is 2.33. The molecule has 33 heavy (non-hydrogen) atoms. The molecule has 0 spiro atoms. The highest BCUT2D eigenvalue weighted by molar-refractivity contribution is 7.09. The van der Waals surface area contributed by atoms with Crippen LogP contribution in [0.15, 0.2) is 61.6 Å². The second-order valence-corrected chi connectivity index (χ2v) is 7.96. The smallest absolute Gasteiger partial charge is 0.416 e. The lowest BCUT2D eigenvalue weighted by Crippen LogP contribution is -2.34. The van der Waals surface area contributed by atoms with Gasteiger partial charge < -0.3 is 19.1 Å². The summed E-state index contributed by atoms with van der Waals surface area (Å²) in [5.74, 6) is -1.52. The zero-order chi connectivity index (χ0) is 23.5. The number of H-pyrrole nitrogens is 1. The summed E-state index contributed by atoms with van der Waals surface area (Å²) in [6.45, 7) is -0.0760. The maximum Gasteiger partial charge on any atom is 0.416 e. The fraction of sp³-hybridized carbons (Fsp3) is 0.0952. The number of nitrogens with zero attached hydrogens (tertiary/aromatic N) is 2. The van der Waals surface area contributed by atoms with E-state index in [1.807, 2.05) is 0 Å². The second kappa shape index (κ2) is 7.24. The average molecular weight is 475 g/mol. The van der Waals surface area contributed by atoms with Crippen molar-refractivity contribution in [1.82, 2.24) is 14.1 Å². The van der Waals surface area contributed by atoms with Crippen LogP contribution in [-0.2, 0) is 12.7 Å². The van der Waals surface area contributed by atoms with Crippen LogP contribution in [0.4, 0.5) is 13.2 Å². The van der Waals surface area contributed by atoms with Gasteiger partial charge in [-0.3, -0.25) is 4.79 Å². The van der Waals surface area contributed by atoms with Crippen LogP contribution < -0.4 is 11.2 Å². The molecule has 0 aliphatic rings. The number of benzene rings is 1. The van der Waals surface area contributed by atoms with E-state index < -0.39 is 40.3 Å². The first kappa shape index (κ1) is 20.8. The topological polar surface area (TPSA) is 110 Å². The lowest BCUT2D eigenvalue weighted by Gasteiger charge is -2.09. The van der Waals surface area contributed by atoms with E-state index in [2.05, 4.69) is 4.98 Å². The summed E-state index contributed by atoms with van der Waals surface area (Å²) in [6.07, 6.45) is -2.00. The summed E-state index contributed by atoms with van der Waals surface area (Å²) < 4.78 is 47.3. The van der Waals surface area contributed by atoms with Crippen LogP contribution in [0.2, 0.25) is 0 Å². The third-order valence-corrected chi connectivity index (χ3v) is 5.99. The number of hydrogen-bond donors (Lipinski definition) is 2. The van der Waals surface area contributed by atoms with E-state index in [9.17, 15) is 32.7 Å². The molecular formula is C21H12F3N3O5S. The van der Waals surface area contributed by atoms with Crippen molar-refractivity contribution in [2.75, 3.05) is 0 Å². The minimum atomic E-state index is -4.73. The molecular weight excluding hydrogens is 463 g/mol. The number of hydrogen-bond acceptors (Lipinski definition) is 5. The van der Waals surface area contributed by atoms with E-state index in [1.165, 1.54) is 27.9 Å². The van der Waals surface area contributed by atoms with Crippen LogP contribution in [0, 0.1) is 0 Å². The maximum atomic E-state index is 13.5. The number of rotatable bonds is 4. The molecule has 0 radical (unpaired) electrons. The Labute approximate surface area is 184 Å². The van der Waals surface area contributed by atoms with Crippen LogP contribution in [0.1, 0.15) is 21.6 Å². The van der Waals surface area contributed by atoms with Gasteiger partial charge >= 0.3 is 17.8 Å². The molecule has 0 fully saturated rings. The Bertz CT molecular complexity index is 1650. The number of nitrogens with one attached hydrogen (secondary N) is 1. The molecule has 0 aliphatic carbocycles. The predicted molar refractivity (Wildman–Crippen MR) is 113 cm³/mol. The van der Waals surface area contributed by atoms with Gasteiger partial charge in [0.25, 0.3) is 5.56 Å².